The van der Waals surface area contributed by atoms with Gasteiger partial charge in [-0.05, 0) is 13.0 Å². The maximum absolute atomic E-state index is 10.8. The van der Waals surface area contributed by atoms with Crippen LogP contribution >= 0.6 is 23.4 Å². The fourth-order valence-electron chi connectivity index (χ4n) is 0.937. The lowest BCUT2D eigenvalue weighted by Crippen LogP contribution is -2.15. The van der Waals surface area contributed by atoms with E-state index in [4.69, 9.17) is 16.7 Å². The number of aliphatic hydroxyl groups excluding tert-OH is 1. The summed E-state index contributed by atoms with van der Waals surface area (Å²) in [6, 6.07) is 1.41. The smallest absolute Gasteiger partial charge is 0.337 e. The van der Waals surface area contributed by atoms with Gasteiger partial charge in [-0.1, -0.05) is 18.5 Å². The molecule has 0 aliphatic carbocycles. The molecule has 6 heteroatoms. The Kier molecular flexibility index (Phi) is 4.58. The summed E-state index contributed by atoms with van der Waals surface area (Å²) < 4.78 is 0. The summed E-state index contributed by atoms with van der Waals surface area (Å²) in [7, 11) is 0. The van der Waals surface area contributed by atoms with Gasteiger partial charge in [0.05, 0.1) is 21.7 Å². The minimum Gasteiger partial charge on any atom is -0.478 e. The van der Waals surface area contributed by atoms with Crippen LogP contribution < -0.4 is 0 Å². The van der Waals surface area contributed by atoms with Gasteiger partial charge in [0, 0.05) is 11.4 Å². The van der Waals surface area contributed by atoms with Crippen molar-refractivity contribution in [1.82, 2.24) is 4.98 Å². The average molecular weight is 262 g/mol. The van der Waals surface area contributed by atoms with E-state index in [1.807, 2.05) is 6.92 Å². The van der Waals surface area contributed by atoms with E-state index >= 15 is 0 Å². The maximum atomic E-state index is 10.8. The fraction of sp³-hybridized carbons (Fsp3) is 0.400. The summed E-state index contributed by atoms with van der Waals surface area (Å²) in [6.07, 6.45) is 0.818. The molecule has 0 aromatic carbocycles. The van der Waals surface area contributed by atoms with Crippen LogP contribution in [0.2, 0.25) is 5.02 Å². The molecule has 0 saturated heterocycles. The number of pyridine rings is 1. The van der Waals surface area contributed by atoms with Gasteiger partial charge in [0.15, 0.2) is 0 Å². The molecule has 0 bridgehead atoms. The van der Waals surface area contributed by atoms with Gasteiger partial charge >= 0.3 is 5.97 Å². The van der Waals surface area contributed by atoms with Gasteiger partial charge in [-0.15, -0.1) is 11.8 Å². The highest BCUT2D eigenvalue weighted by Gasteiger charge is 2.15. The second-order valence-electron chi connectivity index (χ2n) is 3.37. The van der Waals surface area contributed by atoms with E-state index in [0.717, 1.165) is 0 Å². The third-order valence-corrected chi connectivity index (χ3v) is 3.58. The number of aliphatic hydroxyl groups is 1. The Labute approximate surface area is 103 Å². The number of hydrogen-bond acceptors (Lipinski definition) is 4. The number of carbonyl (C=O) groups is 1. The normalized spacial score (nSPS) is 14.5. The van der Waals surface area contributed by atoms with Gasteiger partial charge in [0.25, 0.3) is 0 Å². The molecule has 0 fully saturated rings. The lowest BCUT2D eigenvalue weighted by Gasteiger charge is -2.13. The maximum Gasteiger partial charge on any atom is 0.337 e. The second-order valence-corrected chi connectivity index (χ2v) is 5.18. The van der Waals surface area contributed by atoms with Crippen LogP contribution in [0.15, 0.2) is 17.3 Å². The summed E-state index contributed by atoms with van der Waals surface area (Å²) in [5.41, 5.74) is 0.0250. The van der Waals surface area contributed by atoms with Crippen molar-refractivity contribution >= 4 is 29.3 Å². The first-order valence-corrected chi connectivity index (χ1v) is 5.91. The molecule has 0 spiro atoms. The van der Waals surface area contributed by atoms with Crippen molar-refractivity contribution in [3.63, 3.8) is 0 Å². The van der Waals surface area contributed by atoms with Crippen molar-refractivity contribution in [2.24, 2.45) is 0 Å². The molecule has 2 atom stereocenters. The van der Waals surface area contributed by atoms with E-state index in [1.54, 1.807) is 6.92 Å². The first kappa shape index (κ1) is 13.3. The van der Waals surface area contributed by atoms with Gasteiger partial charge in [0.2, 0.25) is 0 Å². The van der Waals surface area contributed by atoms with Gasteiger partial charge < -0.3 is 10.2 Å². The van der Waals surface area contributed by atoms with E-state index < -0.39 is 12.1 Å². The molecule has 0 aliphatic heterocycles. The predicted octanol–water partition coefficient (Wildman–Crippen LogP) is 2.29. The molecule has 1 aromatic heterocycles. The Morgan fingerprint density at radius 3 is 2.69 bits per heavy atom. The molecule has 88 valence electrons. The molecule has 0 saturated carbocycles. The van der Waals surface area contributed by atoms with Crippen LogP contribution in [0.3, 0.4) is 0 Å². The molecule has 0 aliphatic rings. The highest BCUT2D eigenvalue weighted by Crippen LogP contribution is 2.26. The molecule has 1 rings (SSSR count). The number of nitrogens with zero attached hydrogens (tertiary/aromatic N) is 1. The van der Waals surface area contributed by atoms with Crippen LogP contribution in [0, 0.1) is 0 Å². The molecule has 0 amide bonds. The largest absolute Gasteiger partial charge is 0.478 e. The van der Waals surface area contributed by atoms with Crippen LogP contribution in [-0.2, 0) is 0 Å². The molecule has 1 aromatic rings. The van der Waals surface area contributed by atoms with Gasteiger partial charge in [0.1, 0.15) is 0 Å². The van der Waals surface area contributed by atoms with Crippen LogP contribution in [0.4, 0.5) is 0 Å². The predicted molar refractivity (Wildman–Crippen MR) is 63.2 cm³/mol. The van der Waals surface area contributed by atoms with E-state index in [0.29, 0.717) is 5.03 Å². The van der Waals surface area contributed by atoms with Crippen molar-refractivity contribution in [2.45, 2.75) is 30.2 Å². The Hall–Kier alpha value is -0.780. The molecular weight excluding hydrogens is 250 g/mol. The fourth-order valence-corrected chi connectivity index (χ4v) is 2.00. The zero-order chi connectivity index (χ0) is 12.3. The summed E-state index contributed by atoms with van der Waals surface area (Å²) in [4.78, 5) is 14.8. The Bertz CT molecular complexity index is 398. The monoisotopic (exact) mass is 261 g/mol. The van der Waals surface area contributed by atoms with Crippen LogP contribution in [0.25, 0.3) is 0 Å². The van der Waals surface area contributed by atoms with Crippen LogP contribution in [0.5, 0.6) is 0 Å². The highest BCUT2D eigenvalue weighted by molar-refractivity contribution is 7.99. The Morgan fingerprint density at radius 2 is 2.19 bits per heavy atom. The quantitative estimate of drug-likeness (QED) is 0.814. The SMILES string of the molecule is CC(O)C(C)Sc1cc(C(=O)O)c(Cl)cn1. The Morgan fingerprint density at radius 1 is 1.56 bits per heavy atom. The molecule has 2 unspecified atom stereocenters. The van der Waals surface area contributed by atoms with Gasteiger partial charge in [-0.3, -0.25) is 0 Å². The summed E-state index contributed by atoms with van der Waals surface area (Å²) in [5.74, 6) is -1.08. The van der Waals surface area contributed by atoms with E-state index in [-0.39, 0.29) is 15.8 Å². The first-order chi connectivity index (χ1) is 7.41. The highest BCUT2D eigenvalue weighted by atomic mass is 35.5. The van der Waals surface area contributed by atoms with Crippen molar-refractivity contribution in [1.29, 1.82) is 0 Å². The molecule has 1 heterocycles. The van der Waals surface area contributed by atoms with Gasteiger partial charge in [-0.25, -0.2) is 9.78 Å². The zero-order valence-corrected chi connectivity index (χ0v) is 10.4. The molecular formula is C10H12ClNO3S. The van der Waals surface area contributed by atoms with Crippen LogP contribution in [-0.4, -0.2) is 32.5 Å². The third kappa shape index (κ3) is 3.37. The minimum absolute atomic E-state index is 0.0250. The number of aromatic carboxylic acids is 1. The summed E-state index contributed by atoms with van der Waals surface area (Å²) in [5, 5.41) is 18.8. The van der Waals surface area contributed by atoms with E-state index in [1.165, 1.54) is 24.0 Å². The number of hydrogen-bond donors (Lipinski definition) is 2. The third-order valence-electron chi connectivity index (χ3n) is 2.05. The summed E-state index contributed by atoms with van der Waals surface area (Å²) in [6.45, 7) is 3.51. The average Bonchev–Trinajstić information content (AvgIpc) is 2.20. The van der Waals surface area contributed by atoms with Crippen molar-refractivity contribution in [3.8, 4) is 0 Å². The number of carboxylic acid groups (broad SMARTS) is 1. The Balaban J connectivity index is 2.91. The topological polar surface area (TPSA) is 70.4 Å². The minimum atomic E-state index is -1.08. The zero-order valence-electron chi connectivity index (χ0n) is 8.85. The van der Waals surface area contributed by atoms with Crippen molar-refractivity contribution < 1.29 is 15.0 Å². The molecule has 4 nitrogen and oxygen atoms in total. The number of carboxylic acids is 1. The lowest BCUT2D eigenvalue weighted by atomic mass is 10.3. The molecule has 2 N–H and O–H groups in total. The summed E-state index contributed by atoms with van der Waals surface area (Å²) >= 11 is 7.00. The van der Waals surface area contributed by atoms with Crippen LogP contribution in [0.1, 0.15) is 24.2 Å². The number of aromatic nitrogens is 1. The first-order valence-electron chi connectivity index (χ1n) is 4.65. The lowest BCUT2D eigenvalue weighted by molar-refractivity contribution is 0.0696. The van der Waals surface area contributed by atoms with E-state index in [9.17, 15) is 9.90 Å². The van der Waals surface area contributed by atoms with E-state index in [2.05, 4.69) is 4.98 Å². The number of halogens is 1. The number of thioether (sulfide) groups is 1. The standard InChI is InChI=1S/C10H12ClNO3S/c1-5(13)6(2)16-9-3-7(10(14)15)8(11)4-12-9/h3-6,13H,1-2H3,(H,14,15). The molecule has 16 heavy (non-hydrogen) atoms. The molecule has 0 radical (unpaired) electrons. The number of rotatable bonds is 4. The second kappa shape index (κ2) is 5.52. The van der Waals surface area contributed by atoms with Crippen molar-refractivity contribution in [3.05, 3.63) is 22.8 Å². The van der Waals surface area contributed by atoms with Gasteiger partial charge in [-0.2, -0.15) is 0 Å². The van der Waals surface area contributed by atoms with Crippen molar-refractivity contribution in [2.75, 3.05) is 0 Å².